The molecule has 0 N–H and O–H groups in total. The van der Waals surface area contributed by atoms with Crippen LogP contribution in [-0.4, -0.2) is 24.9 Å². The van der Waals surface area contributed by atoms with Gasteiger partial charge in [0.25, 0.3) is 5.91 Å². The van der Waals surface area contributed by atoms with Crippen LogP contribution >= 0.6 is 0 Å². The van der Waals surface area contributed by atoms with E-state index in [1.54, 1.807) is 37.2 Å². The zero-order valence-corrected chi connectivity index (χ0v) is 10.9. The largest absolute Gasteiger partial charge is 0.345 e. The summed E-state index contributed by atoms with van der Waals surface area (Å²) in [7, 11) is 3.45. The Bertz CT molecular complexity index is 637. The van der Waals surface area contributed by atoms with Gasteiger partial charge in [0.2, 0.25) is 0 Å². The van der Waals surface area contributed by atoms with Crippen LogP contribution in [-0.2, 0) is 0 Å². The molecule has 19 heavy (non-hydrogen) atoms. The van der Waals surface area contributed by atoms with Crippen molar-refractivity contribution < 1.29 is 4.79 Å². The molecular weight excluding hydrogens is 236 g/mol. The van der Waals surface area contributed by atoms with Crippen LogP contribution in [0.5, 0.6) is 0 Å². The van der Waals surface area contributed by atoms with E-state index in [0.717, 1.165) is 11.1 Å². The van der Waals surface area contributed by atoms with E-state index in [1.807, 2.05) is 30.3 Å². The Morgan fingerprint density at radius 3 is 2.26 bits per heavy atom. The molecule has 0 aliphatic heterocycles. The number of para-hydroxylation sites is 1. The van der Waals surface area contributed by atoms with Gasteiger partial charge in [0.15, 0.2) is 5.69 Å². The van der Waals surface area contributed by atoms with Gasteiger partial charge in [0.1, 0.15) is 0 Å². The standard InChI is InChI=1S/C16H14N2O/c1-17-15-7-5-4-6-14(15)12-8-10-13(11-9-12)16(19)18(2)3/h4-11H,2-3H3. The van der Waals surface area contributed by atoms with Gasteiger partial charge < -0.3 is 4.90 Å². The molecule has 0 saturated heterocycles. The van der Waals surface area contributed by atoms with Crippen LogP contribution in [0, 0.1) is 6.57 Å². The maximum Gasteiger partial charge on any atom is 0.253 e. The number of hydrogen-bond donors (Lipinski definition) is 0. The minimum Gasteiger partial charge on any atom is -0.345 e. The van der Waals surface area contributed by atoms with Crippen molar-refractivity contribution in [2.75, 3.05) is 14.1 Å². The quantitative estimate of drug-likeness (QED) is 0.747. The van der Waals surface area contributed by atoms with Gasteiger partial charge in [0, 0.05) is 19.7 Å². The van der Waals surface area contributed by atoms with Crippen LogP contribution < -0.4 is 0 Å². The average molecular weight is 250 g/mol. The number of nitrogens with zero attached hydrogens (tertiary/aromatic N) is 2. The second-order valence-corrected chi connectivity index (χ2v) is 4.41. The fourth-order valence-corrected chi connectivity index (χ4v) is 1.87. The van der Waals surface area contributed by atoms with E-state index >= 15 is 0 Å². The molecule has 0 spiro atoms. The van der Waals surface area contributed by atoms with Crippen LogP contribution in [0.1, 0.15) is 10.4 Å². The van der Waals surface area contributed by atoms with Crippen LogP contribution in [0.4, 0.5) is 5.69 Å². The van der Waals surface area contributed by atoms with Crippen LogP contribution in [0.25, 0.3) is 16.0 Å². The van der Waals surface area contributed by atoms with Crippen molar-refractivity contribution in [2.45, 2.75) is 0 Å². The topological polar surface area (TPSA) is 24.7 Å². The Balaban J connectivity index is 2.39. The van der Waals surface area contributed by atoms with E-state index < -0.39 is 0 Å². The van der Waals surface area contributed by atoms with Gasteiger partial charge in [-0.1, -0.05) is 36.4 Å². The molecule has 2 rings (SSSR count). The fourth-order valence-electron chi connectivity index (χ4n) is 1.87. The van der Waals surface area contributed by atoms with E-state index in [2.05, 4.69) is 4.85 Å². The van der Waals surface area contributed by atoms with Gasteiger partial charge >= 0.3 is 0 Å². The van der Waals surface area contributed by atoms with Crippen LogP contribution in [0.3, 0.4) is 0 Å². The molecule has 2 aromatic rings. The maximum atomic E-state index is 11.8. The monoisotopic (exact) mass is 250 g/mol. The highest BCUT2D eigenvalue weighted by molar-refractivity contribution is 5.94. The van der Waals surface area contributed by atoms with Gasteiger partial charge in [0.05, 0.1) is 6.57 Å². The summed E-state index contributed by atoms with van der Waals surface area (Å²) in [5, 5.41) is 0. The van der Waals surface area contributed by atoms with Crippen molar-refractivity contribution in [3.63, 3.8) is 0 Å². The molecule has 0 saturated carbocycles. The van der Waals surface area contributed by atoms with E-state index in [0.29, 0.717) is 11.3 Å². The molecular formula is C16H14N2O. The SMILES string of the molecule is [C-]#[N+]c1ccccc1-c1ccc(C(=O)N(C)C)cc1. The fraction of sp³-hybridized carbons (Fsp3) is 0.125. The van der Waals surface area contributed by atoms with Crippen molar-refractivity contribution in [2.24, 2.45) is 0 Å². The molecule has 0 unspecified atom stereocenters. The van der Waals surface area contributed by atoms with Crippen molar-refractivity contribution in [1.82, 2.24) is 4.90 Å². The highest BCUT2D eigenvalue weighted by Crippen LogP contribution is 2.30. The Morgan fingerprint density at radius 1 is 1.05 bits per heavy atom. The van der Waals surface area contributed by atoms with E-state index in [9.17, 15) is 4.79 Å². The summed E-state index contributed by atoms with van der Waals surface area (Å²) in [5.41, 5.74) is 3.10. The number of carbonyl (C=O) groups is 1. The van der Waals surface area contributed by atoms with Crippen LogP contribution in [0.2, 0.25) is 0 Å². The lowest BCUT2D eigenvalue weighted by atomic mass is 10.0. The van der Waals surface area contributed by atoms with E-state index in [-0.39, 0.29) is 5.91 Å². The zero-order valence-electron chi connectivity index (χ0n) is 10.9. The molecule has 3 heteroatoms. The zero-order chi connectivity index (χ0) is 13.8. The van der Waals surface area contributed by atoms with Crippen molar-refractivity contribution in [1.29, 1.82) is 0 Å². The van der Waals surface area contributed by atoms with Crippen LogP contribution in [0.15, 0.2) is 48.5 Å². The molecule has 0 aromatic heterocycles. The van der Waals surface area contributed by atoms with E-state index in [1.165, 1.54) is 0 Å². The van der Waals surface area contributed by atoms with Gasteiger partial charge in [-0.15, -0.1) is 0 Å². The third-order valence-corrected chi connectivity index (χ3v) is 2.87. The molecule has 0 aliphatic carbocycles. The molecule has 0 bridgehead atoms. The second kappa shape index (κ2) is 5.36. The van der Waals surface area contributed by atoms with Crippen molar-refractivity contribution >= 4 is 11.6 Å². The Kier molecular flexibility index (Phi) is 3.63. The highest BCUT2D eigenvalue weighted by Gasteiger charge is 2.09. The first-order valence-corrected chi connectivity index (χ1v) is 5.92. The summed E-state index contributed by atoms with van der Waals surface area (Å²) in [4.78, 5) is 16.8. The average Bonchev–Trinajstić information content (AvgIpc) is 2.46. The summed E-state index contributed by atoms with van der Waals surface area (Å²) in [6, 6.07) is 14.8. The Morgan fingerprint density at radius 2 is 1.68 bits per heavy atom. The lowest BCUT2D eigenvalue weighted by molar-refractivity contribution is 0.0827. The Labute approximate surface area is 112 Å². The summed E-state index contributed by atoms with van der Waals surface area (Å²) in [6.45, 7) is 7.16. The minimum atomic E-state index is -0.0231. The number of benzene rings is 2. The van der Waals surface area contributed by atoms with Crippen molar-refractivity contribution in [3.05, 3.63) is 65.5 Å². The minimum absolute atomic E-state index is 0.0231. The molecule has 0 radical (unpaired) electrons. The summed E-state index contributed by atoms with van der Waals surface area (Å²) >= 11 is 0. The molecule has 94 valence electrons. The molecule has 2 aromatic carbocycles. The maximum absolute atomic E-state index is 11.8. The van der Waals surface area contributed by atoms with Gasteiger partial charge in [-0.3, -0.25) is 4.79 Å². The molecule has 0 atom stereocenters. The van der Waals surface area contributed by atoms with Gasteiger partial charge in [-0.05, 0) is 23.3 Å². The number of rotatable bonds is 2. The number of hydrogen-bond acceptors (Lipinski definition) is 1. The van der Waals surface area contributed by atoms with Gasteiger partial charge in [-0.25, -0.2) is 4.85 Å². The predicted molar refractivity (Wildman–Crippen MR) is 76.2 cm³/mol. The lowest BCUT2D eigenvalue weighted by Crippen LogP contribution is -2.21. The molecule has 0 heterocycles. The normalized spacial score (nSPS) is 9.74. The number of carbonyl (C=O) groups excluding carboxylic acids is 1. The summed E-state index contributed by atoms with van der Waals surface area (Å²) < 4.78 is 0. The second-order valence-electron chi connectivity index (χ2n) is 4.41. The van der Waals surface area contributed by atoms with E-state index in [4.69, 9.17) is 6.57 Å². The summed E-state index contributed by atoms with van der Waals surface area (Å²) in [5.74, 6) is -0.0231. The van der Waals surface area contributed by atoms with Crippen molar-refractivity contribution in [3.8, 4) is 11.1 Å². The summed E-state index contributed by atoms with van der Waals surface area (Å²) in [6.07, 6.45) is 0. The first-order chi connectivity index (χ1) is 9.13. The molecule has 0 aliphatic rings. The predicted octanol–water partition coefficient (Wildman–Crippen LogP) is 3.61. The number of amides is 1. The third kappa shape index (κ3) is 2.63. The molecule has 1 amide bonds. The third-order valence-electron chi connectivity index (χ3n) is 2.87. The van der Waals surface area contributed by atoms with Gasteiger partial charge in [-0.2, -0.15) is 0 Å². The smallest absolute Gasteiger partial charge is 0.253 e. The first-order valence-electron chi connectivity index (χ1n) is 5.92. The Hall–Kier alpha value is -2.60. The first kappa shape index (κ1) is 12.8. The highest BCUT2D eigenvalue weighted by atomic mass is 16.2. The molecule has 3 nitrogen and oxygen atoms in total. The lowest BCUT2D eigenvalue weighted by Gasteiger charge is -2.11. The molecule has 0 fully saturated rings.